The van der Waals surface area contributed by atoms with Crippen LogP contribution in [0, 0.1) is 5.92 Å². The van der Waals surface area contributed by atoms with Crippen LogP contribution in [0.1, 0.15) is 48.3 Å². The highest BCUT2D eigenvalue weighted by Gasteiger charge is 2.19. The Morgan fingerprint density at radius 3 is 2.59 bits per heavy atom. The second kappa shape index (κ2) is 9.13. The molecule has 6 nitrogen and oxygen atoms in total. The molecule has 1 saturated heterocycles. The number of likely N-dealkylation sites (tertiary alicyclic amines) is 1. The van der Waals surface area contributed by atoms with Gasteiger partial charge in [-0.05, 0) is 44.0 Å². The van der Waals surface area contributed by atoms with Crippen LogP contribution in [0.15, 0.2) is 30.7 Å². The first-order valence-corrected chi connectivity index (χ1v) is 9.95. The van der Waals surface area contributed by atoms with Crippen molar-refractivity contribution < 1.29 is 4.79 Å². The fraction of sp³-hybridized carbons (Fsp3) is 0.571. The molecular weight excluding hydrogens is 338 g/mol. The van der Waals surface area contributed by atoms with Crippen LogP contribution in [-0.4, -0.2) is 56.7 Å². The van der Waals surface area contributed by atoms with Crippen molar-refractivity contribution in [3.8, 4) is 0 Å². The Hall–Kier alpha value is -2.21. The van der Waals surface area contributed by atoms with Gasteiger partial charge in [0.1, 0.15) is 0 Å². The molecule has 1 amide bonds. The lowest BCUT2D eigenvalue weighted by Gasteiger charge is -2.24. The standard InChI is InChI=1S/C21H31N5O/c1-17(2)14-26(16-18-12-23-24(3)15-18)21(27)19-6-7-20(22-13-19)8-11-25-9-4-5-10-25/h6-7,12-13,15,17H,4-5,8-11,14,16H2,1-3H3. The van der Waals surface area contributed by atoms with E-state index >= 15 is 0 Å². The summed E-state index contributed by atoms with van der Waals surface area (Å²) in [7, 11) is 1.89. The van der Waals surface area contributed by atoms with E-state index in [2.05, 4.69) is 28.8 Å². The summed E-state index contributed by atoms with van der Waals surface area (Å²) < 4.78 is 1.77. The summed E-state index contributed by atoms with van der Waals surface area (Å²) in [5.41, 5.74) is 2.76. The zero-order valence-electron chi connectivity index (χ0n) is 16.8. The Balaban J connectivity index is 1.63. The van der Waals surface area contributed by atoms with Crippen molar-refractivity contribution >= 4 is 5.91 Å². The first-order chi connectivity index (χ1) is 13.0. The lowest BCUT2D eigenvalue weighted by atomic mass is 10.1. The van der Waals surface area contributed by atoms with Gasteiger partial charge < -0.3 is 9.80 Å². The van der Waals surface area contributed by atoms with Crippen LogP contribution in [-0.2, 0) is 20.0 Å². The molecule has 0 aliphatic carbocycles. The summed E-state index contributed by atoms with van der Waals surface area (Å²) in [5, 5.41) is 4.21. The van der Waals surface area contributed by atoms with Gasteiger partial charge in [-0.15, -0.1) is 0 Å². The minimum absolute atomic E-state index is 0.0335. The van der Waals surface area contributed by atoms with Gasteiger partial charge in [0.25, 0.3) is 5.91 Å². The summed E-state index contributed by atoms with van der Waals surface area (Å²) in [6, 6.07) is 3.92. The summed E-state index contributed by atoms with van der Waals surface area (Å²) in [6.07, 6.45) is 9.08. The van der Waals surface area contributed by atoms with Crippen LogP contribution in [0.25, 0.3) is 0 Å². The number of hydrogen-bond acceptors (Lipinski definition) is 4. The average Bonchev–Trinajstić information content (AvgIpc) is 3.30. The molecule has 1 fully saturated rings. The van der Waals surface area contributed by atoms with Crippen molar-refractivity contribution in [3.63, 3.8) is 0 Å². The topological polar surface area (TPSA) is 54.3 Å². The zero-order valence-corrected chi connectivity index (χ0v) is 16.8. The highest BCUT2D eigenvalue weighted by molar-refractivity contribution is 5.93. The number of carbonyl (C=O) groups is 1. The molecule has 0 atom stereocenters. The van der Waals surface area contributed by atoms with Crippen LogP contribution in [0.3, 0.4) is 0 Å². The molecule has 0 radical (unpaired) electrons. The van der Waals surface area contributed by atoms with E-state index < -0.39 is 0 Å². The maximum absolute atomic E-state index is 13.0. The molecule has 0 aromatic carbocycles. The Morgan fingerprint density at radius 2 is 2.00 bits per heavy atom. The van der Waals surface area contributed by atoms with Crippen LogP contribution in [0.5, 0.6) is 0 Å². The van der Waals surface area contributed by atoms with Gasteiger partial charge in [0.15, 0.2) is 0 Å². The van der Waals surface area contributed by atoms with Gasteiger partial charge in [0, 0.05) is 56.8 Å². The largest absolute Gasteiger partial charge is 0.334 e. The van der Waals surface area contributed by atoms with Crippen LogP contribution >= 0.6 is 0 Å². The summed E-state index contributed by atoms with van der Waals surface area (Å²) >= 11 is 0. The second-order valence-corrected chi connectivity index (χ2v) is 7.94. The third kappa shape index (κ3) is 5.63. The maximum atomic E-state index is 13.0. The molecule has 6 heteroatoms. The van der Waals surface area contributed by atoms with Crippen molar-refractivity contribution in [2.24, 2.45) is 13.0 Å². The molecule has 2 aromatic rings. The number of rotatable bonds is 8. The van der Waals surface area contributed by atoms with Crippen molar-refractivity contribution in [3.05, 3.63) is 47.5 Å². The number of pyridine rings is 1. The van der Waals surface area contributed by atoms with E-state index in [1.165, 1.54) is 25.9 Å². The van der Waals surface area contributed by atoms with E-state index in [-0.39, 0.29) is 5.91 Å². The lowest BCUT2D eigenvalue weighted by molar-refractivity contribution is 0.0722. The average molecular weight is 370 g/mol. The molecule has 2 aromatic heterocycles. The SMILES string of the molecule is CC(C)CN(Cc1cnn(C)c1)C(=O)c1ccc(CCN2CCCC2)nc1. The number of amides is 1. The van der Waals surface area contributed by atoms with Crippen molar-refractivity contribution in [2.45, 2.75) is 39.7 Å². The van der Waals surface area contributed by atoms with Crippen LogP contribution in [0.4, 0.5) is 0 Å². The zero-order chi connectivity index (χ0) is 19.2. The molecule has 0 spiro atoms. The van der Waals surface area contributed by atoms with E-state index in [0.717, 1.165) is 24.2 Å². The quantitative estimate of drug-likeness (QED) is 0.718. The van der Waals surface area contributed by atoms with E-state index in [4.69, 9.17) is 0 Å². The normalized spacial score (nSPS) is 14.8. The second-order valence-electron chi connectivity index (χ2n) is 7.94. The van der Waals surface area contributed by atoms with Crippen LogP contribution in [0.2, 0.25) is 0 Å². The third-order valence-electron chi connectivity index (χ3n) is 4.96. The van der Waals surface area contributed by atoms with E-state index in [1.54, 1.807) is 10.9 Å². The Kier molecular flexibility index (Phi) is 6.61. The van der Waals surface area contributed by atoms with E-state index in [0.29, 0.717) is 24.6 Å². The Bertz CT molecular complexity index is 731. The number of hydrogen-bond donors (Lipinski definition) is 0. The van der Waals surface area contributed by atoms with Gasteiger partial charge in [-0.3, -0.25) is 14.5 Å². The first kappa shape index (κ1) is 19.5. The Labute approximate surface area is 162 Å². The predicted octanol–water partition coefficient (Wildman–Crippen LogP) is 2.75. The third-order valence-corrected chi connectivity index (χ3v) is 4.96. The number of carbonyl (C=O) groups excluding carboxylic acids is 1. The number of nitrogens with zero attached hydrogens (tertiary/aromatic N) is 5. The summed E-state index contributed by atoms with van der Waals surface area (Å²) in [4.78, 5) is 21.9. The number of aromatic nitrogens is 3. The molecule has 0 unspecified atom stereocenters. The lowest BCUT2D eigenvalue weighted by Crippen LogP contribution is -2.33. The highest BCUT2D eigenvalue weighted by atomic mass is 16.2. The molecular formula is C21H31N5O. The van der Waals surface area contributed by atoms with Crippen molar-refractivity contribution in [1.29, 1.82) is 0 Å². The summed E-state index contributed by atoms with van der Waals surface area (Å²) in [6.45, 7) is 9.00. The molecule has 0 bridgehead atoms. The van der Waals surface area contributed by atoms with Gasteiger partial charge in [0.2, 0.25) is 0 Å². The first-order valence-electron chi connectivity index (χ1n) is 9.95. The molecule has 27 heavy (non-hydrogen) atoms. The number of aryl methyl sites for hydroxylation is 1. The highest BCUT2D eigenvalue weighted by Crippen LogP contribution is 2.13. The minimum Gasteiger partial charge on any atom is -0.334 e. The van der Waals surface area contributed by atoms with Gasteiger partial charge in [-0.25, -0.2) is 0 Å². The molecule has 146 valence electrons. The molecule has 1 aliphatic heterocycles. The molecule has 3 heterocycles. The molecule has 1 aliphatic rings. The fourth-order valence-electron chi connectivity index (χ4n) is 3.59. The Morgan fingerprint density at radius 1 is 1.22 bits per heavy atom. The van der Waals surface area contributed by atoms with Gasteiger partial charge in [-0.2, -0.15) is 5.10 Å². The maximum Gasteiger partial charge on any atom is 0.255 e. The molecule has 3 rings (SSSR count). The van der Waals surface area contributed by atoms with Gasteiger partial charge in [-0.1, -0.05) is 13.8 Å². The van der Waals surface area contributed by atoms with Crippen molar-refractivity contribution in [2.75, 3.05) is 26.2 Å². The van der Waals surface area contributed by atoms with Crippen molar-refractivity contribution in [1.82, 2.24) is 24.6 Å². The van der Waals surface area contributed by atoms with Gasteiger partial charge >= 0.3 is 0 Å². The van der Waals surface area contributed by atoms with E-state index in [1.807, 2.05) is 36.5 Å². The van der Waals surface area contributed by atoms with Crippen LogP contribution < -0.4 is 0 Å². The smallest absolute Gasteiger partial charge is 0.255 e. The molecule has 0 saturated carbocycles. The predicted molar refractivity (Wildman–Crippen MR) is 106 cm³/mol. The summed E-state index contributed by atoms with van der Waals surface area (Å²) in [5.74, 6) is 0.435. The fourth-order valence-corrected chi connectivity index (χ4v) is 3.59. The monoisotopic (exact) mass is 369 g/mol. The van der Waals surface area contributed by atoms with Gasteiger partial charge in [0.05, 0.1) is 11.8 Å². The molecule has 0 N–H and O–H groups in total. The minimum atomic E-state index is 0.0335. The van der Waals surface area contributed by atoms with E-state index in [9.17, 15) is 4.79 Å².